The Hall–Kier alpha value is -2.88. The highest BCUT2D eigenvalue weighted by atomic mass is 35.5. The number of terminal acetylenes is 1. The summed E-state index contributed by atoms with van der Waals surface area (Å²) in [6, 6.07) is 12.1. The predicted molar refractivity (Wildman–Crippen MR) is 107 cm³/mol. The number of aliphatic hydroxyl groups excluding tert-OH is 1. The summed E-state index contributed by atoms with van der Waals surface area (Å²) < 4.78 is 16.0. The number of nitrogens with one attached hydrogen (secondary N) is 1. The lowest BCUT2D eigenvalue weighted by atomic mass is 10.1. The summed E-state index contributed by atoms with van der Waals surface area (Å²) in [6.45, 7) is 0.356. The van der Waals surface area contributed by atoms with Crippen LogP contribution in [0.2, 0.25) is 5.02 Å². The summed E-state index contributed by atoms with van der Waals surface area (Å²) in [5.74, 6) is 3.54. The SMILES string of the molecule is C#CCOc1ccc(CCNC(=O)[C@H](O)COc2ccc(Cl)cc2)cc1OC. The van der Waals surface area contributed by atoms with Crippen molar-refractivity contribution in [2.75, 3.05) is 26.9 Å². The van der Waals surface area contributed by atoms with E-state index in [-0.39, 0.29) is 13.2 Å². The molecule has 2 N–H and O–H groups in total. The number of methoxy groups -OCH3 is 1. The topological polar surface area (TPSA) is 77.0 Å². The number of ether oxygens (including phenoxy) is 3. The third kappa shape index (κ3) is 6.69. The first kappa shape index (κ1) is 21.4. The number of carbonyl (C=O) groups excluding carboxylic acids is 1. The zero-order chi connectivity index (χ0) is 20.4. The van der Waals surface area contributed by atoms with Crippen LogP contribution >= 0.6 is 11.6 Å². The number of benzene rings is 2. The first-order chi connectivity index (χ1) is 13.5. The minimum absolute atomic E-state index is 0.150. The maximum atomic E-state index is 12.0. The predicted octanol–water partition coefficient (Wildman–Crippen LogP) is 2.46. The second-order valence-electron chi connectivity index (χ2n) is 5.80. The van der Waals surface area contributed by atoms with E-state index in [0.717, 1.165) is 5.56 Å². The number of carbonyl (C=O) groups is 1. The Morgan fingerprint density at radius 1 is 1.21 bits per heavy atom. The van der Waals surface area contributed by atoms with Gasteiger partial charge in [-0.25, -0.2) is 0 Å². The van der Waals surface area contributed by atoms with Crippen molar-refractivity contribution < 1.29 is 24.1 Å². The van der Waals surface area contributed by atoms with E-state index < -0.39 is 12.0 Å². The Kier molecular flexibility index (Phi) is 8.47. The molecule has 1 amide bonds. The normalized spacial score (nSPS) is 11.2. The van der Waals surface area contributed by atoms with Gasteiger partial charge in [0.05, 0.1) is 7.11 Å². The number of rotatable bonds is 10. The van der Waals surface area contributed by atoms with E-state index >= 15 is 0 Å². The van der Waals surface area contributed by atoms with Gasteiger partial charge in [-0.15, -0.1) is 6.42 Å². The van der Waals surface area contributed by atoms with Crippen molar-refractivity contribution in [2.45, 2.75) is 12.5 Å². The standard InChI is InChI=1S/C21H22ClNO5/c1-3-12-27-19-9-4-15(13-20(19)26-2)10-11-23-21(25)18(24)14-28-17-7-5-16(22)6-8-17/h1,4-9,13,18,24H,10-12,14H2,2H3,(H,23,25)/t18-/m1/s1. The van der Waals surface area contributed by atoms with Crippen LogP contribution in [0.3, 0.4) is 0 Å². The molecule has 0 spiro atoms. The Morgan fingerprint density at radius 2 is 1.96 bits per heavy atom. The smallest absolute Gasteiger partial charge is 0.252 e. The van der Waals surface area contributed by atoms with E-state index in [9.17, 15) is 9.90 Å². The van der Waals surface area contributed by atoms with Gasteiger partial charge >= 0.3 is 0 Å². The third-order valence-corrected chi connectivity index (χ3v) is 4.03. The Labute approximate surface area is 169 Å². The molecule has 28 heavy (non-hydrogen) atoms. The number of hydrogen-bond donors (Lipinski definition) is 2. The molecule has 7 heteroatoms. The van der Waals surface area contributed by atoms with Gasteiger partial charge in [0, 0.05) is 11.6 Å². The van der Waals surface area contributed by atoms with Crippen LogP contribution in [0.25, 0.3) is 0 Å². The fraction of sp³-hybridized carbons (Fsp3) is 0.286. The minimum Gasteiger partial charge on any atom is -0.493 e. The molecule has 0 aliphatic carbocycles. The summed E-state index contributed by atoms with van der Waals surface area (Å²) >= 11 is 5.79. The van der Waals surface area contributed by atoms with Crippen LogP contribution in [-0.2, 0) is 11.2 Å². The lowest BCUT2D eigenvalue weighted by Crippen LogP contribution is -2.39. The van der Waals surface area contributed by atoms with E-state index in [4.69, 9.17) is 32.2 Å². The molecule has 2 rings (SSSR count). The molecule has 6 nitrogen and oxygen atoms in total. The summed E-state index contributed by atoms with van der Waals surface area (Å²) in [7, 11) is 1.54. The van der Waals surface area contributed by atoms with Gasteiger partial charge in [-0.2, -0.15) is 0 Å². The summed E-state index contributed by atoms with van der Waals surface area (Å²) in [6.07, 6.45) is 4.47. The highest BCUT2D eigenvalue weighted by molar-refractivity contribution is 6.30. The van der Waals surface area contributed by atoms with Crippen LogP contribution in [0, 0.1) is 12.3 Å². The largest absolute Gasteiger partial charge is 0.493 e. The minimum atomic E-state index is -1.27. The van der Waals surface area contributed by atoms with Crippen molar-refractivity contribution in [2.24, 2.45) is 0 Å². The second kappa shape index (κ2) is 11.1. The second-order valence-corrected chi connectivity index (χ2v) is 6.24. The van der Waals surface area contributed by atoms with Crippen LogP contribution in [0.4, 0.5) is 0 Å². The van der Waals surface area contributed by atoms with Crippen molar-refractivity contribution in [1.82, 2.24) is 5.32 Å². The molecule has 0 heterocycles. The average Bonchev–Trinajstić information content (AvgIpc) is 2.71. The van der Waals surface area contributed by atoms with Gasteiger partial charge in [-0.05, 0) is 48.4 Å². The summed E-state index contributed by atoms with van der Waals surface area (Å²) in [5, 5.41) is 13.2. The summed E-state index contributed by atoms with van der Waals surface area (Å²) in [5.41, 5.74) is 0.942. The number of aliphatic hydroxyl groups is 1. The molecular formula is C21H22ClNO5. The Morgan fingerprint density at radius 3 is 2.64 bits per heavy atom. The highest BCUT2D eigenvalue weighted by Gasteiger charge is 2.15. The molecule has 0 unspecified atom stereocenters. The van der Waals surface area contributed by atoms with Crippen molar-refractivity contribution in [3.8, 4) is 29.6 Å². The average molecular weight is 404 g/mol. The van der Waals surface area contributed by atoms with E-state index in [0.29, 0.717) is 35.2 Å². The molecule has 0 aliphatic rings. The van der Waals surface area contributed by atoms with Crippen molar-refractivity contribution in [1.29, 1.82) is 0 Å². The van der Waals surface area contributed by atoms with Crippen LogP contribution < -0.4 is 19.5 Å². The van der Waals surface area contributed by atoms with E-state index in [2.05, 4.69) is 11.2 Å². The van der Waals surface area contributed by atoms with Gasteiger partial charge in [0.1, 0.15) is 19.0 Å². The first-order valence-corrected chi connectivity index (χ1v) is 8.98. The maximum absolute atomic E-state index is 12.0. The number of halogens is 1. The molecule has 2 aromatic carbocycles. The molecule has 2 aromatic rings. The molecule has 0 saturated carbocycles. The molecule has 0 bridgehead atoms. The van der Waals surface area contributed by atoms with E-state index in [1.165, 1.54) is 0 Å². The molecular weight excluding hydrogens is 382 g/mol. The van der Waals surface area contributed by atoms with Crippen LogP contribution in [0.15, 0.2) is 42.5 Å². The van der Waals surface area contributed by atoms with Crippen molar-refractivity contribution >= 4 is 17.5 Å². The molecule has 0 aromatic heterocycles. The van der Waals surface area contributed by atoms with Gasteiger partial charge < -0.3 is 24.6 Å². The van der Waals surface area contributed by atoms with Gasteiger partial charge in [-0.1, -0.05) is 23.6 Å². The summed E-state index contributed by atoms with van der Waals surface area (Å²) in [4.78, 5) is 12.0. The Balaban J connectivity index is 1.77. The third-order valence-electron chi connectivity index (χ3n) is 3.78. The monoisotopic (exact) mass is 403 g/mol. The van der Waals surface area contributed by atoms with Gasteiger partial charge in [0.15, 0.2) is 17.6 Å². The molecule has 0 saturated heterocycles. The lowest BCUT2D eigenvalue weighted by Gasteiger charge is -2.13. The zero-order valence-corrected chi connectivity index (χ0v) is 16.2. The highest BCUT2D eigenvalue weighted by Crippen LogP contribution is 2.28. The van der Waals surface area contributed by atoms with Crippen molar-refractivity contribution in [3.05, 3.63) is 53.1 Å². The van der Waals surface area contributed by atoms with E-state index in [1.54, 1.807) is 37.4 Å². The van der Waals surface area contributed by atoms with Crippen LogP contribution in [0.1, 0.15) is 5.56 Å². The molecule has 0 aliphatic heterocycles. The number of amides is 1. The van der Waals surface area contributed by atoms with Crippen LogP contribution in [0.5, 0.6) is 17.2 Å². The van der Waals surface area contributed by atoms with Gasteiger partial charge in [-0.3, -0.25) is 4.79 Å². The van der Waals surface area contributed by atoms with E-state index in [1.807, 2.05) is 12.1 Å². The maximum Gasteiger partial charge on any atom is 0.252 e. The Bertz CT molecular complexity index is 817. The molecule has 0 radical (unpaired) electrons. The fourth-order valence-electron chi connectivity index (χ4n) is 2.34. The quantitative estimate of drug-likeness (QED) is 0.596. The lowest BCUT2D eigenvalue weighted by molar-refractivity contribution is -0.130. The van der Waals surface area contributed by atoms with Crippen LogP contribution in [-0.4, -0.2) is 44.0 Å². The molecule has 1 atom stereocenters. The number of hydrogen-bond acceptors (Lipinski definition) is 5. The molecule has 0 fully saturated rings. The fourth-order valence-corrected chi connectivity index (χ4v) is 2.46. The van der Waals surface area contributed by atoms with Gasteiger partial charge in [0.25, 0.3) is 5.91 Å². The first-order valence-electron chi connectivity index (χ1n) is 8.60. The van der Waals surface area contributed by atoms with Gasteiger partial charge in [0.2, 0.25) is 0 Å². The molecule has 148 valence electrons. The van der Waals surface area contributed by atoms with Crippen molar-refractivity contribution in [3.63, 3.8) is 0 Å². The zero-order valence-electron chi connectivity index (χ0n) is 15.5.